The average molecular weight is 251 g/mol. The van der Waals surface area contributed by atoms with Gasteiger partial charge in [-0.2, -0.15) is 0 Å². The Morgan fingerprint density at radius 3 is 2.12 bits per heavy atom. The first-order valence-corrected chi connectivity index (χ1v) is 5.51. The molecule has 0 aromatic carbocycles. The molecule has 0 spiro atoms. The van der Waals surface area contributed by atoms with Crippen LogP contribution in [0.3, 0.4) is 0 Å². The number of aliphatic hydroxyl groups is 5. The normalized spacial score (nSPS) is 18.5. The van der Waals surface area contributed by atoms with E-state index in [1.54, 1.807) is 0 Å². The van der Waals surface area contributed by atoms with Gasteiger partial charge in [-0.3, -0.25) is 4.79 Å². The fourth-order valence-electron chi connectivity index (χ4n) is 1.32. The highest BCUT2D eigenvalue weighted by Gasteiger charge is 2.31. The van der Waals surface area contributed by atoms with E-state index in [-0.39, 0.29) is 13.0 Å². The molecule has 17 heavy (non-hydrogen) atoms. The summed E-state index contributed by atoms with van der Waals surface area (Å²) in [6.07, 6.45) is -3.35. The Kier molecular flexibility index (Phi) is 8.23. The molecule has 0 bridgehead atoms. The summed E-state index contributed by atoms with van der Waals surface area (Å²) in [5.74, 6) is -0.914. The summed E-state index contributed by atoms with van der Waals surface area (Å²) in [6.45, 7) is -0.776. The lowest BCUT2D eigenvalue weighted by Gasteiger charge is -2.22. The summed E-state index contributed by atoms with van der Waals surface area (Å²) < 4.78 is 0. The Morgan fingerprint density at radius 2 is 1.65 bits per heavy atom. The molecular formula is C10H21NO6. The standard InChI is InChI=1S/C10H21NO6/c11-8(6(14)3-1-2-4-12)10(17)9(16)7(15)5-13/h6-9,12-16H,1-5,11H2/t6?,7-,8+,9-/m1/s1. The molecule has 7 nitrogen and oxygen atoms in total. The summed E-state index contributed by atoms with van der Waals surface area (Å²) in [4.78, 5) is 11.5. The smallest absolute Gasteiger partial charge is 0.183 e. The van der Waals surface area contributed by atoms with E-state index in [0.29, 0.717) is 12.8 Å². The average Bonchev–Trinajstić information content (AvgIpc) is 2.35. The van der Waals surface area contributed by atoms with Crippen LogP contribution >= 0.6 is 0 Å². The van der Waals surface area contributed by atoms with E-state index in [2.05, 4.69) is 0 Å². The third-order valence-corrected chi connectivity index (χ3v) is 2.49. The molecule has 0 aliphatic heterocycles. The van der Waals surface area contributed by atoms with E-state index in [1.165, 1.54) is 0 Å². The molecule has 0 aromatic rings. The number of carbonyl (C=O) groups is 1. The van der Waals surface area contributed by atoms with Gasteiger partial charge in [0.25, 0.3) is 0 Å². The molecule has 0 fully saturated rings. The second kappa shape index (κ2) is 8.51. The Balaban J connectivity index is 4.18. The number of Topliss-reactive ketones (excluding diaryl/α,β-unsaturated/α-hetero) is 1. The van der Waals surface area contributed by atoms with Gasteiger partial charge < -0.3 is 31.3 Å². The molecule has 0 saturated heterocycles. The van der Waals surface area contributed by atoms with Crippen molar-refractivity contribution in [1.82, 2.24) is 0 Å². The second-order valence-corrected chi connectivity index (χ2v) is 3.91. The Bertz CT molecular complexity index is 225. The highest BCUT2D eigenvalue weighted by atomic mass is 16.4. The van der Waals surface area contributed by atoms with Crippen molar-refractivity contribution in [2.24, 2.45) is 5.73 Å². The van der Waals surface area contributed by atoms with Crippen molar-refractivity contribution in [2.75, 3.05) is 13.2 Å². The third-order valence-electron chi connectivity index (χ3n) is 2.49. The van der Waals surface area contributed by atoms with Gasteiger partial charge in [0, 0.05) is 6.61 Å². The summed E-state index contributed by atoms with van der Waals surface area (Å²) in [6, 6.07) is -1.31. The molecule has 0 rings (SSSR count). The maximum atomic E-state index is 11.5. The van der Waals surface area contributed by atoms with E-state index in [4.69, 9.17) is 21.1 Å². The first kappa shape index (κ1) is 16.4. The van der Waals surface area contributed by atoms with Crippen LogP contribution in [0, 0.1) is 0 Å². The van der Waals surface area contributed by atoms with E-state index in [9.17, 15) is 15.0 Å². The number of ketones is 1. The van der Waals surface area contributed by atoms with Crippen LogP contribution in [-0.4, -0.2) is 68.9 Å². The number of hydrogen-bond acceptors (Lipinski definition) is 7. The SMILES string of the molecule is N[C@H](C(=O)[C@H](O)[C@H](O)CO)C(O)CCCCO. The third kappa shape index (κ3) is 5.53. The number of carbonyl (C=O) groups excluding carboxylic acids is 1. The molecule has 7 N–H and O–H groups in total. The minimum absolute atomic E-state index is 0.0121. The second-order valence-electron chi connectivity index (χ2n) is 3.91. The number of unbranched alkanes of at least 4 members (excludes halogenated alkanes) is 1. The fourth-order valence-corrected chi connectivity index (χ4v) is 1.32. The molecule has 102 valence electrons. The maximum Gasteiger partial charge on any atom is 0.183 e. The zero-order valence-corrected chi connectivity index (χ0v) is 9.57. The molecule has 0 amide bonds. The largest absolute Gasteiger partial charge is 0.396 e. The van der Waals surface area contributed by atoms with Crippen molar-refractivity contribution in [3.8, 4) is 0 Å². The number of rotatable bonds is 9. The minimum Gasteiger partial charge on any atom is -0.396 e. The highest BCUT2D eigenvalue weighted by molar-refractivity contribution is 5.88. The summed E-state index contributed by atoms with van der Waals surface area (Å²) in [7, 11) is 0. The molecule has 0 aliphatic rings. The quantitative estimate of drug-likeness (QED) is 0.241. The number of nitrogens with two attached hydrogens (primary N) is 1. The summed E-state index contributed by atoms with van der Waals surface area (Å²) in [5, 5.41) is 45.0. The summed E-state index contributed by atoms with van der Waals surface area (Å²) in [5.41, 5.74) is 5.42. The Morgan fingerprint density at radius 1 is 1.06 bits per heavy atom. The number of hydrogen-bond donors (Lipinski definition) is 6. The first-order valence-electron chi connectivity index (χ1n) is 5.51. The van der Waals surface area contributed by atoms with E-state index in [1.807, 2.05) is 0 Å². The van der Waals surface area contributed by atoms with Gasteiger partial charge in [0.15, 0.2) is 5.78 Å². The molecule has 4 atom stereocenters. The van der Waals surface area contributed by atoms with E-state index < -0.39 is 36.7 Å². The lowest BCUT2D eigenvalue weighted by atomic mass is 9.96. The van der Waals surface area contributed by atoms with Crippen molar-refractivity contribution in [1.29, 1.82) is 0 Å². The van der Waals surface area contributed by atoms with Gasteiger partial charge in [0.05, 0.1) is 18.8 Å². The Hall–Kier alpha value is -0.570. The van der Waals surface area contributed by atoms with E-state index >= 15 is 0 Å². The van der Waals surface area contributed by atoms with E-state index in [0.717, 1.165) is 0 Å². The van der Waals surface area contributed by atoms with Gasteiger partial charge in [0.2, 0.25) is 0 Å². The van der Waals surface area contributed by atoms with Gasteiger partial charge in [-0.1, -0.05) is 0 Å². The molecule has 0 saturated carbocycles. The predicted octanol–water partition coefficient (Wildman–Crippen LogP) is -2.88. The number of aliphatic hydroxyl groups excluding tert-OH is 5. The van der Waals surface area contributed by atoms with Crippen LogP contribution in [0.15, 0.2) is 0 Å². The van der Waals surface area contributed by atoms with Crippen LogP contribution in [0.1, 0.15) is 19.3 Å². The highest BCUT2D eigenvalue weighted by Crippen LogP contribution is 2.07. The molecule has 1 unspecified atom stereocenters. The van der Waals surface area contributed by atoms with Crippen LogP contribution in [0.4, 0.5) is 0 Å². The van der Waals surface area contributed by atoms with Gasteiger partial charge >= 0.3 is 0 Å². The summed E-state index contributed by atoms with van der Waals surface area (Å²) >= 11 is 0. The zero-order chi connectivity index (χ0) is 13.4. The molecule has 0 aliphatic carbocycles. The molecule has 0 heterocycles. The van der Waals surface area contributed by atoms with Gasteiger partial charge in [-0.15, -0.1) is 0 Å². The van der Waals surface area contributed by atoms with Gasteiger partial charge in [-0.05, 0) is 19.3 Å². The van der Waals surface area contributed by atoms with Crippen LogP contribution in [0.5, 0.6) is 0 Å². The lowest BCUT2D eigenvalue weighted by Crippen LogP contribution is -2.51. The van der Waals surface area contributed by atoms with Crippen LogP contribution in [0.25, 0.3) is 0 Å². The van der Waals surface area contributed by atoms with Crippen LogP contribution < -0.4 is 5.73 Å². The van der Waals surface area contributed by atoms with Crippen molar-refractivity contribution in [2.45, 2.75) is 43.6 Å². The van der Waals surface area contributed by atoms with Crippen molar-refractivity contribution in [3.05, 3.63) is 0 Å². The van der Waals surface area contributed by atoms with Gasteiger partial charge in [-0.25, -0.2) is 0 Å². The van der Waals surface area contributed by atoms with Crippen molar-refractivity contribution < 1.29 is 30.3 Å². The molecule has 7 heteroatoms. The van der Waals surface area contributed by atoms with Crippen molar-refractivity contribution in [3.63, 3.8) is 0 Å². The monoisotopic (exact) mass is 251 g/mol. The molecule has 0 radical (unpaired) electrons. The minimum atomic E-state index is -1.80. The maximum absolute atomic E-state index is 11.5. The van der Waals surface area contributed by atoms with Crippen LogP contribution in [0.2, 0.25) is 0 Å². The Labute approximate surface area is 99.5 Å². The van der Waals surface area contributed by atoms with Crippen LogP contribution in [-0.2, 0) is 4.79 Å². The topological polar surface area (TPSA) is 144 Å². The molecule has 0 aromatic heterocycles. The molecular weight excluding hydrogens is 230 g/mol. The van der Waals surface area contributed by atoms with Crippen molar-refractivity contribution >= 4 is 5.78 Å². The fraction of sp³-hybridized carbons (Fsp3) is 0.900. The lowest BCUT2D eigenvalue weighted by molar-refractivity contribution is -0.138. The zero-order valence-electron chi connectivity index (χ0n) is 9.57. The first-order chi connectivity index (χ1) is 7.95. The predicted molar refractivity (Wildman–Crippen MR) is 59.0 cm³/mol. The van der Waals surface area contributed by atoms with Gasteiger partial charge in [0.1, 0.15) is 12.2 Å².